The van der Waals surface area contributed by atoms with Crippen LogP contribution in [-0.4, -0.2) is 10.1 Å². The van der Waals surface area contributed by atoms with Crippen molar-refractivity contribution >= 4 is 11.6 Å². The number of rotatable bonds is 2. The van der Waals surface area contributed by atoms with Gasteiger partial charge in [-0.1, -0.05) is 35.9 Å². The van der Waals surface area contributed by atoms with E-state index >= 15 is 0 Å². The van der Waals surface area contributed by atoms with E-state index in [0.29, 0.717) is 5.02 Å². The van der Waals surface area contributed by atoms with Crippen molar-refractivity contribution in [2.45, 2.75) is 31.8 Å². The number of halogens is 1. The molecule has 0 saturated heterocycles. The molecule has 0 aliphatic heterocycles. The molecule has 0 saturated carbocycles. The summed E-state index contributed by atoms with van der Waals surface area (Å²) in [6, 6.07) is 10.2. The summed E-state index contributed by atoms with van der Waals surface area (Å²) in [5.74, 6) is 0.221. The average molecular weight is 288 g/mol. The Morgan fingerprint density at radius 3 is 2.95 bits per heavy atom. The van der Waals surface area contributed by atoms with Gasteiger partial charge < -0.3 is 5.11 Å². The third-order valence-electron chi connectivity index (χ3n) is 4.18. The van der Waals surface area contributed by atoms with Crippen molar-refractivity contribution in [2.75, 3.05) is 0 Å². The molecule has 1 N–H and O–H groups in total. The maximum atomic E-state index is 10.7. The van der Waals surface area contributed by atoms with Gasteiger partial charge in [0.05, 0.1) is 11.1 Å². The van der Waals surface area contributed by atoms with Gasteiger partial charge in [0, 0.05) is 12.4 Å². The van der Waals surface area contributed by atoms with Crippen LogP contribution in [0.2, 0.25) is 5.02 Å². The highest BCUT2D eigenvalue weighted by molar-refractivity contribution is 6.31. The van der Waals surface area contributed by atoms with E-state index in [9.17, 15) is 5.11 Å². The van der Waals surface area contributed by atoms with Gasteiger partial charge in [-0.2, -0.15) is 0 Å². The van der Waals surface area contributed by atoms with Gasteiger partial charge in [-0.05, 0) is 54.4 Å². The smallest absolute Gasteiger partial charge is 0.0824 e. The van der Waals surface area contributed by atoms with Crippen LogP contribution in [-0.2, 0) is 12.8 Å². The standard InChI is InChI=1S/C17H18ClNO/c18-16-11-19-9-8-13(16)10-14-6-3-5-12-4-1-2-7-15(12)17(14)20/h1-2,4,7-9,11,14,17,20H,3,5-6,10H2. The van der Waals surface area contributed by atoms with Crippen LogP contribution in [0.4, 0.5) is 0 Å². The third kappa shape index (κ3) is 2.72. The number of pyridine rings is 1. The maximum Gasteiger partial charge on any atom is 0.0824 e. The molecule has 2 atom stereocenters. The van der Waals surface area contributed by atoms with E-state index in [-0.39, 0.29) is 5.92 Å². The molecular weight excluding hydrogens is 270 g/mol. The predicted octanol–water partition coefficient (Wildman–Crippen LogP) is 3.96. The highest BCUT2D eigenvalue weighted by Crippen LogP contribution is 2.35. The molecule has 2 nitrogen and oxygen atoms in total. The molecule has 3 rings (SSSR count). The minimum Gasteiger partial charge on any atom is -0.388 e. The Morgan fingerprint density at radius 1 is 1.25 bits per heavy atom. The molecule has 0 spiro atoms. The fourth-order valence-electron chi connectivity index (χ4n) is 3.08. The van der Waals surface area contributed by atoms with Crippen LogP contribution in [0.25, 0.3) is 0 Å². The van der Waals surface area contributed by atoms with Crippen LogP contribution in [0, 0.1) is 5.92 Å². The maximum absolute atomic E-state index is 10.7. The molecule has 1 aliphatic carbocycles. The summed E-state index contributed by atoms with van der Waals surface area (Å²) in [4.78, 5) is 4.02. The highest BCUT2D eigenvalue weighted by atomic mass is 35.5. The molecule has 2 unspecified atom stereocenters. The van der Waals surface area contributed by atoms with Crippen LogP contribution >= 0.6 is 11.6 Å². The molecule has 104 valence electrons. The molecule has 20 heavy (non-hydrogen) atoms. The quantitative estimate of drug-likeness (QED) is 0.848. The third-order valence-corrected chi connectivity index (χ3v) is 4.52. The van der Waals surface area contributed by atoms with Crippen LogP contribution in [0.1, 0.15) is 35.6 Å². The number of benzene rings is 1. The number of aliphatic hydroxyl groups excluding tert-OH is 1. The summed E-state index contributed by atoms with van der Waals surface area (Å²) in [5.41, 5.74) is 3.44. The summed E-state index contributed by atoms with van der Waals surface area (Å²) in [6.45, 7) is 0. The molecule has 0 fully saturated rings. The Labute approximate surface area is 124 Å². The molecule has 3 heteroatoms. The Balaban J connectivity index is 1.86. The number of hydrogen-bond donors (Lipinski definition) is 1. The molecule has 2 aromatic rings. The normalized spacial score (nSPS) is 22.1. The first-order valence-corrected chi connectivity index (χ1v) is 7.48. The number of aryl methyl sites for hydroxylation is 1. The van der Waals surface area contributed by atoms with Gasteiger partial charge in [0.25, 0.3) is 0 Å². The van der Waals surface area contributed by atoms with Crippen LogP contribution in [0.15, 0.2) is 42.7 Å². The second kappa shape index (κ2) is 5.94. The van der Waals surface area contributed by atoms with Crippen LogP contribution < -0.4 is 0 Å². The molecule has 0 radical (unpaired) electrons. The Bertz CT molecular complexity index is 599. The van der Waals surface area contributed by atoms with Crippen LogP contribution in [0.5, 0.6) is 0 Å². The Hall–Kier alpha value is -1.38. The number of aromatic nitrogens is 1. The van der Waals surface area contributed by atoms with E-state index in [2.05, 4.69) is 11.1 Å². The summed E-state index contributed by atoms with van der Waals surface area (Å²) in [6.07, 6.45) is 7.02. The van der Waals surface area contributed by atoms with Gasteiger partial charge in [-0.15, -0.1) is 0 Å². The monoisotopic (exact) mass is 287 g/mol. The number of aliphatic hydroxyl groups is 1. The first kappa shape index (κ1) is 13.6. The number of nitrogens with zero attached hydrogens (tertiary/aromatic N) is 1. The molecular formula is C17H18ClNO. The van der Waals surface area contributed by atoms with Crippen molar-refractivity contribution in [1.29, 1.82) is 0 Å². The lowest BCUT2D eigenvalue weighted by Crippen LogP contribution is -2.15. The summed E-state index contributed by atoms with van der Waals surface area (Å²) in [5, 5.41) is 11.4. The SMILES string of the molecule is OC1c2ccccc2CCCC1Cc1ccncc1Cl. The molecule has 1 aromatic heterocycles. The second-order valence-corrected chi connectivity index (χ2v) is 5.87. The zero-order valence-electron chi connectivity index (χ0n) is 11.3. The first-order valence-electron chi connectivity index (χ1n) is 7.10. The van der Waals surface area contributed by atoms with Crippen molar-refractivity contribution in [1.82, 2.24) is 4.98 Å². The van der Waals surface area contributed by atoms with Crippen molar-refractivity contribution in [2.24, 2.45) is 5.92 Å². The fourth-order valence-corrected chi connectivity index (χ4v) is 3.28. The summed E-state index contributed by atoms with van der Waals surface area (Å²) < 4.78 is 0. The van der Waals surface area contributed by atoms with E-state index < -0.39 is 6.10 Å². The highest BCUT2D eigenvalue weighted by Gasteiger charge is 2.26. The van der Waals surface area contributed by atoms with Gasteiger partial charge in [-0.3, -0.25) is 4.98 Å². The molecule has 0 amide bonds. The zero-order valence-corrected chi connectivity index (χ0v) is 12.1. The van der Waals surface area contributed by atoms with Crippen molar-refractivity contribution in [3.8, 4) is 0 Å². The van der Waals surface area contributed by atoms with E-state index in [1.165, 1.54) is 5.56 Å². The number of fused-ring (bicyclic) bond motifs is 1. The van der Waals surface area contributed by atoms with Gasteiger partial charge >= 0.3 is 0 Å². The molecule has 1 aromatic carbocycles. The Kier molecular flexibility index (Phi) is 4.04. The largest absolute Gasteiger partial charge is 0.388 e. The average Bonchev–Trinajstić information content (AvgIpc) is 2.62. The van der Waals surface area contributed by atoms with Crippen molar-refractivity contribution in [3.63, 3.8) is 0 Å². The topological polar surface area (TPSA) is 33.1 Å². The van der Waals surface area contributed by atoms with E-state index in [1.807, 2.05) is 24.3 Å². The molecule has 1 heterocycles. The van der Waals surface area contributed by atoms with E-state index in [0.717, 1.165) is 36.8 Å². The van der Waals surface area contributed by atoms with Gasteiger partial charge in [0.1, 0.15) is 0 Å². The second-order valence-electron chi connectivity index (χ2n) is 5.47. The summed E-state index contributed by atoms with van der Waals surface area (Å²) in [7, 11) is 0. The lowest BCUT2D eigenvalue weighted by Gasteiger charge is -2.22. The van der Waals surface area contributed by atoms with Gasteiger partial charge in [0.2, 0.25) is 0 Å². The summed E-state index contributed by atoms with van der Waals surface area (Å²) >= 11 is 6.19. The predicted molar refractivity (Wildman–Crippen MR) is 80.8 cm³/mol. The minimum atomic E-state index is -0.405. The fraction of sp³-hybridized carbons (Fsp3) is 0.353. The zero-order chi connectivity index (χ0) is 13.9. The van der Waals surface area contributed by atoms with Crippen LogP contribution in [0.3, 0.4) is 0 Å². The van der Waals surface area contributed by atoms with Gasteiger partial charge in [0.15, 0.2) is 0 Å². The number of hydrogen-bond acceptors (Lipinski definition) is 2. The van der Waals surface area contributed by atoms with E-state index in [1.54, 1.807) is 12.4 Å². The molecule has 1 aliphatic rings. The van der Waals surface area contributed by atoms with Crippen molar-refractivity contribution < 1.29 is 5.11 Å². The lowest BCUT2D eigenvalue weighted by atomic mass is 9.88. The van der Waals surface area contributed by atoms with Gasteiger partial charge in [-0.25, -0.2) is 0 Å². The minimum absolute atomic E-state index is 0.221. The van der Waals surface area contributed by atoms with E-state index in [4.69, 9.17) is 11.6 Å². The van der Waals surface area contributed by atoms with Crippen molar-refractivity contribution in [3.05, 3.63) is 64.4 Å². The Morgan fingerprint density at radius 2 is 2.10 bits per heavy atom. The molecule has 0 bridgehead atoms. The first-order chi connectivity index (χ1) is 9.75. The lowest BCUT2D eigenvalue weighted by molar-refractivity contribution is 0.105.